The average molecular weight is 398 g/mol. The van der Waals surface area contributed by atoms with Crippen molar-refractivity contribution in [1.82, 2.24) is 24.8 Å². The number of imidazole rings is 1. The van der Waals surface area contributed by atoms with E-state index < -0.39 is 0 Å². The van der Waals surface area contributed by atoms with Gasteiger partial charge < -0.3 is 9.88 Å². The second-order valence-electron chi connectivity index (χ2n) is 7.56. The molecule has 1 fully saturated rings. The first-order chi connectivity index (χ1) is 13.7. The number of rotatable bonds is 7. The van der Waals surface area contributed by atoms with Gasteiger partial charge in [-0.3, -0.25) is 9.69 Å². The van der Waals surface area contributed by atoms with Crippen molar-refractivity contribution in [3.05, 3.63) is 46.7 Å². The van der Waals surface area contributed by atoms with Crippen LogP contribution in [-0.2, 0) is 17.9 Å². The Hall–Kier alpha value is -2.25. The topological polar surface area (TPSA) is 63.1 Å². The highest BCUT2D eigenvalue weighted by Gasteiger charge is 2.20. The molecule has 148 valence electrons. The molecule has 3 aromatic rings. The standard InChI is InChI=1S/C21H27N5OS/c1-16-24-18(14-28-16)13-25-9-6-17(7-10-25)12-22-21(27)8-11-26-15-23-19-4-2-3-5-20(19)26/h2-5,14-15,17H,6-13H2,1H3,(H,22,27). The normalized spacial score (nSPS) is 15.9. The van der Waals surface area contributed by atoms with Gasteiger partial charge in [-0.25, -0.2) is 9.97 Å². The lowest BCUT2D eigenvalue weighted by molar-refractivity contribution is -0.121. The van der Waals surface area contributed by atoms with Crippen LogP contribution in [0.15, 0.2) is 36.0 Å². The molecule has 0 aliphatic carbocycles. The van der Waals surface area contributed by atoms with Crippen LogP contribution >= 0.6 is 11.3 Å². The molecule has 1 aromatic carbocycles. The number of piperidine rings is 1. The first-order valence-electron chi connectivity index (χ1n) is 9.97. The molecule has 0 radical (unpaired) electrons. The number of nitrogens with one attached hydrogen (secondary N) is 1. The van der Waals surface area contributed by atoms with Crippen molar-refractivity contribution in [2.45, 2.75) is 39.3 Å². The monoisotopic (exact) mass is 397 g/mol. The summed E-state index contributed by atoms with van der Waals surface area (Å²) in [6, 6.07) is 8.02. The Morgan fingerprint density at radius 2 is 2.11 bits per heavy atom. The van der Waals surface area contributed by atoms with Gasteiger partial charge in [-0.15, -0.1) is 11.3 Å². The Morgan fingerprint density at radius 1 is 1.29 bits per heavy atom. The molecular formula is C21H27N5OS. The van der Waals surface area contributed by atoms with Crippen molar-refractivity contribution in [1.29, 1.82) is 0 Å². The van der Waals surface area contributed by atoms with Crippen molar-refractivity contribution in [3.63, 3.8) is 0 Å². The summed E-state index contributed by atoms with van der Waals surface area (Å²) in [5.74, 6) is 0.699. The van der Waals surface area contributed by atoms with Gasteiger partial charge in [-0.2, -0.15) is 0 Å². The Bertz CT molecular complexity index is 926. The summed E-state index contributed by atoms with van der Waals surface area (Å²) in [5, 5.41) is 6.42. The lowest BCUT2D eigenvalue weighted by atomic mass is 9.96. The fourth-order valence-electron chi connectivity index (χ4n) is 3.82. The number of nitrogens with zero attached hydrogens (tertiary/aromatic N) is 4. The predicted octanol–water partition coefficient (Wildman–Crippen LogP) is 3.22. The smallest absolute Gasteiger partial charge is 0.221 e. The number of likely N-dealkylation sites (tertiary alicyclic amines) is 1. The van der Waals surface area contributed by atoms with Gasteiger partial charge in [0, 0.05) is 31.4 Å². The molecule has 28 heavy (non-hydrogen) atoms. The minimum Gasteiger partial charge on any atom is -0.356 e. The molecule has 3 heterocycles. The molecule has 7 heteroatoms. The molecule has 6 nitrogen and oxygen atoms in total. The number of aryl methyl sites for hydroxylation is 2. The summed E-state index contributed by atoms with van der Waals surface area (Å²) in [5.41, 5.74) is 3.24. The highest BCUT2D eigenvalue weighted by atomic mass is 32.1. The Labute approximate surface area is 169 Å². The number of fused-ring (bicyclic) bond motifs is 1. The number of benzene rings is 1. The number of amides is 1. The van der Waals surface area contributed by atoms with Crippen LogP contribution in [0.2, 0.25) is 0 Å². The quantitative estimate of drug-likeness (QED) is 0.665. The molecule has 0 spiro atoms. The van der Waals surface area contributed by atoms with E-state index in [0.29, 0.717) is 18.9 Å². The summed E-state index contributed by atoms with van der Waals surface area (Å²) in [6.45, 7) is 6.61. The van der Waals surface area contributed by atoms with E-state index in [0.717, 1.165) is 55.1 Å². The number of para-hydroxylation sites is 2. The van der Waals surface area contributed by atoms with Crippen molar-refractivity contribution in [2.24, 2.45) is 5.92 Å². The van der Waals surface area contributed by atoms with Gasteiger partial charge in [0.25, 0.3) is 0 Å². The van der Waals surface area contributed by atoms with Crippen LogP contribution in [0, 0.1) is 12.8 Å². The molecule has 0 saturated carbocycles. The number of carbonyl (C=O) groups is 1. The van der Waals surface area contributed by atoms with Gasteiger partial charge in [0.05, 0.1) is 28.1 Å². The summed E-state index contributed by atoms with van der Waals surface area (Å²) in [6.07, 6.45) is 4.57. The van der Waals surface area contributed by atoms with Crippen molar-refractivity contribution < 1.29 is 4.79 Å². The minimum atomic E-state index is 0.123. The first kappa shape index (κ1) is 19.1. The number of thiazole rings is 1. The van der Waals surface area contributed by atoms with Gasteiger partial charge in [0.15, 0.2) is 0 Å². The van der Waals surface area contributed by atoms with Crippen molar-refractivity contribution in [3.8, 4) is 0 Å². The highest BCUT2D eigenvalue weighted by Crippen LogP contribution is 2.19. The molecule has 1 N–H and O–H groups in total. The molecule has 4 rings (SSSR count). The fraction of sp³-hybridized carbons (Fsp3) is 0.476. The van der Waals surface area contributed by atoms with E-state index in [4.69, 9.17) is 0 Å². The second kappa shape index (κ2) is 8.84. The maximum atomic E-state index is 12.3. The van der Waals surface area contributed by atoms with Gasteiger partial charge in [-0.1, -0.05) is 12.1 Å². The first-order valence-corrected chi connectivity index (χ1v) is 10.9. The maximum Gasteiger partial charge on any atom is 0.221 e. The molecule has 1 amide bonds. The zero-order chi connectivity index (χ0) is 19.3. The largest absolute Gasteiger partial charge is 0.356 e. The van der Waals surface area contributed by atoms with Crippen LogP contribution in [0.4, 0.5) is 0 Å². The lowest BCUT2D eigenvalue weighted by Gasteiger charge is -2.31. The van der Waals surface area contributed by atoms with Gasteiger partial charge in [0.1, 0.15) is 0 Å². The maximum absolute atomic E-state index is 12.3. The van der Waals surface area contributed by atoms with Gasteiger partial charge in [0.2, 0.25) is 5.91 Å². The summed E-state index contributed by atoms with van der Waals surface area (Å²) in [4.78, 5) is 23.7. The fourth-order valence-corrected chi connectivity index (χ4v) is 4.42. The van der Waals surface area contributed by atoms with E-state index >= 15 is 0 Å². The van der Waals surface area contributed by atoms with Crippen LogP contribution in [0.3, 0.4) is 0 Å². The number of hydrogen-bond acceptors (Lipinski definition) is 5. The molecule has 0 unspecified atom stereocenters. The molecule has 1 aliphatic heterocycles. The highest BCUT2D eigenvalue weighted by molar-refractivity contribution is 7.09. The van der Waals surface area contributed by atoms with Crippen LogP contribution in [0.5, 0.6) is 0 Å². The Balaban J connectivity index is 1.16. The third-order valence-electron chi connectivity index (χ3n) is 5.45. The summed E-state index contributed by atoms with van der Waals surface area (Å²) in [7, 11) is 0. The molecule has 0 bridgehead atoms. The van der Waals surface area contributed by atoms with E-state index in [1.807, 2.05) is 35.2 Å². The van der Waals surface area contributed by atoms with E-state index in [1.54, 1.807) is 11.3 Å². The number of aromatic nitrogens is 3. The van der Waals surface area contributed by atoms with Gasteiger partial charge in [-0.05, 0) is 50.9 Å². The van der Waals surface area contributed by atoms with E-state index in [-0.39, 0.29) is 5.91 Å². The summed E-state index contributed by atoms with van der Waals surface area (Å²) >= 11 is 1.72. The van der Waals surface area contributed by atoms with Gasteiger partial charge >= 0.3 is 0 Å². The third kappa shape index (κ3) is 4.77. The Morgan fingerprint density at radius 3 is 2.89 bits per heavy atom. The lowest BCUT2D eigenvalue weighted by Crippen LogP contribution is -2.38. The van der Waals surface area contributed by atoms with Crippen molar-refractivity contribution in [2.75, 3.05) is 19.6 Å². The minimum absolute atomic E-state index is 0.123. The average Bonchev–Trinajstić information content (AvgIpc) is 3.31. The van der Waals surface area contributed by atoms with E-state index in [9.17, 15) is 4.79 Å². The molecule has 0 atom stereocenters. The zero-order valence-corrected chi connectivity index (χ0v) is 17.1. The summed E-state index contributed by atoms with van der Waals surface area (Å²) < 4.78 is 2.05. The molecule has 1 aliphatic rings. The second-order valence-corrected chi connectivity index (χ2v) is 8.62. The van der Waals surface area contributed by atoms with Crippen LogP contribution in [-0.4, -0.2) is 45.0 Å². The van der Waals surface area contributed by atoms with Crippen LogP contribution in [0.25, 0.3) is 11.0 Å². The van der Waals surface area contributed by atoms with Crippen molar-refractivity contribution >= 4 is 28.3 Å². The number of carbonyl (C=O) groups excluding carboxylic acids is 1. The zero-order valence-electron chi connectivity index (χ0n) is 16.3. The third-order valence-corrected chi connectivity index (χ3v) is 6.28. The molecule has 2 aromatic heterocycles. The van der Waals surface area contributed by atoms with E-state index in [1.165, 1.54) is 5.69 Å². The molecular weight excluding hydrogens is 370 g/mol. The van der Waals surface area contributed by atoms with Crippen LogP contribution in [0.1, 0.15) is 30.0 Å². The number of hydrogen-bond donors (Lipinski definition) is 1. The van der Waals surface area contributed by atoms with E-state index in [2.05, 4.69) is 32.5 Å². The predicted molar refractivity (Wildman–Crippen MR) is 112 cm³/mol. The SMILES string of the molecule is Cc1nc(CN2CCC(CNC(=O)CCn3cnc4ccccc43)CC2)cs1. The molecule has 1 saturated heterocycles. The Kier molecular flexibility index (Phi) is 6.02. The van der Waals surface area contributed by atoms with Crippen LogP contribution < -0.4 is 5.32 Å².